The van der Waals surface area contributed by atoms with Gasteiger partial charge in [0, 0.05) is 0 Å². The molecule has 2 amide bonds. The number of aromatic nitrogens is 2. The minimum atomic E-state index is -0.330. The van der Waals surface area contributed by atoms with Crippen LogP contribution >= 0.6 is 11.6 Å². The third kappa shape index (κ3) is 3.02. The molecule has 1 aliphatic rings. The molecule has 0 bridgehead atoms. The van der Waals surface area contributed by atoms with Crippen LogP contribution < -0.4 is 4.35 Å². The Labute approximate surface area is 186 Å². The van der Waals surface area contributed by atoms with Crippen LogP contribution in [0.3, 0.4) is 0 Å². The van der Waals surface area contributed by atoms with E-state index in [-0.39, 0.29) is 18.4 Å². The number of hydrogen-bond donors (Lipinski definition) is 0. The standard InChI is InChI=1S/C23H13AsClN3O2/c24-16-9-5-11-18-21(16)27-20(15-8-3-4-10-17(15)25)19(26-18)12-28-22(29)13-6-1-2-7-14(13)23(28)30/h1-11H,12H2. The number of fused-ring (bicyclic) bond motifs is 2. The molecule has 0 fully saturated rings. The van der Waals surface area contributed by atoms with Gasteiger partial charge in [-0.2, -0.15) is 0 Å². The molecule has 0 aliphatic carbocycles. The average Bonchev–Trinajstić information content (AvgIpc) is 2.99. The number of benzene rings is 3. The van der Waals surface area contributed by atoms with E-state index in [9.17, 15) is 9.59 Å². The molecule has 2 radical (unpaired) electrons. The van der Waals surface area contributed by atoms with Crippen LogP contribution in [-0.4, -0.2) is 43.5 Å². The Hall–Kier alpha value is -3.01. The van der Waals surface area contributed by atoms with Gasteiger partial charge in [0.2, 0.25) is 0 Å². The third-order valence-electron chi connectivity index (χ3n) is 5.06. The van der Waals surface area contributed by atoms with Gasteiger partial charge in [0.1, 0.15) is 0 Å². The van der Waals surface area contributed by atoms with Crippen molar-refractivity contribution in [1.82, 2.24) is 14.9 Å². The van der Waals surface area contributed by atoms with Crippen LogP contribution in [-0.2, 0) is 6.54 Å². The number of hydrogen-bond acceptors (Lipinski definition) is 4. The Morgan fingerprint density at radius 2 is 1.43 bits per heavy atom. The van der Waals surface area contributed by atoms with Crippen molar-refractivity contribution in [3.63, 3.8) is 0 Å². The van der Waals surface area contributed by atoms with Crippen molar-refractivity contribution in [1.29, 1.82) is 0 Å². The van der Waals surface area contributed by atoms with Crippen LogP contribution in [0.2, 0.25) is 5.02 Å². The van der Waals surface area contributed by atoms with Gasteiger partial charge in [-0.1, -0.05) is 0 Å². The molecule has 1 aromatic heterocycles. The molecular weight excluding hydrogens is 461 g/mol. The van der Waals surface area contributed by atoms with Crippen LogP contribution in [0.25, 0.3) is 22.3 Å². The van der Waals surface area contributed by atoms with E-state index in [2.05, 4.69) is 16.9 Å². The number of para-hydroxylation sites is 1. The molecule has 3 aromatic carbocycles. The first-order chi connectivity index (χ1) is 14.5. The van der Waals surface area contributed by atoms with E-state index in [1.807, 2.05) is 36.4 Å². The Morgan fingerprint density at radius 1 is 0.800 bits per heavy atom. The van der Waals surface area contributed by atoms with E-state index in [4.69, 9.17) is 21.6 Å². The first-order valence-electron chi connectivity index (χ1n) is 9.23. The van der Waals surface area contributed by atoms with E-state index in [1.165, 1.54) is 4.90 Å². The summed E-state index contributed by atoms with van der Waals surface area (Å²) in [5, 5.41) is 0.526. The van der Waals surface area contributed by atoms with Crippen molar-refractivity contribution < 1.29 is 9.59 Å². The Morgan fingerprint density at radius 3 is 2.10 bits per heavy atom. The molecule has 5 nitrogen and oxygen atoms in total. The van der Waals surface area contributed by atoms with Gasteiger partial charge in [-0.05, 0) is 0 Å². The number of amides is 2. The van der Waals surface area contributed by atoms with Gasteiger partial charge in [0.15, 0.2) is 0 Å². The molecular formula is C23H13AsClN3O2. The van der Waals surface area contributed by atoms with Crippen molar-refractivity contribution >= 4 is 55.7 Å². The first kappa shape index (κ1) is 19.0. The number of nitrogens with zero attached hydrogens (tertiary/aromatic N) is 3. The molecule has 0 spiro atoms. The average molecular weight is 474 g/mol. The van der Waals surface area contributed by atoms with Crippen molar-refractivity contribution in [3.05, 3.63) is 88.6 Å². The zero-order valence-corrected chi connectivity index (χ0v) is 18.2. The summed E-state index contributed by atoms with van der Waals surface area (Å²) in [7, 11) is 0. The van der Waals surface area contributed by atoms with E-state index in [0.29, 0.717) is 38.6 Å². The van der Waals surface area contributed by atoms with Crippen LogP contribution in [0.1, 0.15) is 26.4 Å². The Bertz CT molecular complexity index is 1320. The fourth-order valence-electron chi connectivity index (χ4n) is 3.61. The van der Waals surface area contributed by atoms with Crippen molar-refractivity contribution in [2.75, 3.05) is 0 Å². The van der Waals surface area contributed by atoms with Gasteiger partial charge in [0.05, 0.1) is 0 Å². The zero-order chi connectivity index (χ0) is 20.8. The van der Waals surface area contributed by atoms with Gasteiger partial charge >= 0.3 is 186 Å². The molecule has 0 N–H and O–H groups in total. The minimum absolute atomic E-state index is 0.0125. The van der Waals surface area contributed by atoms with E-state index >= 15 is 0 Å². The summed E-state index contributed by atoms with van der Waals surface area (Å²) in [6, 6.07) is 19.9. The fourth-order valence-corrected chi connectivity index (χ4v) is 4.36. The Kier molecular flexibility index (Phi) is 4.65. The van der Waals surface area contributed by atoms with Crippen LogP contribution in [0.4, 0.5) is 0 Å². The molecule has 5 rings (SSSR count). The maximum absolute atomic E-state index is 12.9. The molecule has 1 aliphatic heterocycles. The normalized spacial score (nSPS) is 13.2. The second-order valence-electron chi connectivity index (χ2n) is 6.89. The van der Waals surface area contributed by atoms with E-state index in [1.54, 1.807) is 30.3 Å². The fraction of sp³-hybridized carbons (Fsp3) is 0.0435. The number of imide groups is 1. The number of rotatable bonds is 3. The number of carbonyl (C=O) groups is 2. The van der Waals surface area contributed by atoms with Crippen LogP contribution in [0, 0.1) is 0 Å². The summed E-state index contributed by atoms with van der Waals surface area (Å²) in [5.74, 6) is -0.660. The number of halogens is 1. The molecule has 7 heteroatoms. The van der Waals surface area contributed by atoms with Crippen molar-refractivity contribution in [2.24, 2.45) is 0 Å². The molecule has 4 aromatic rings. The molecule has 0 saturated carbocycles. The van der Waals surface area contributed by atoms with E-state index < -0.39 is 0 Å². The summed E-state index contributed by atoms with van der Waals surface area (Å²) in [6.45, 7) is 0.0125. The van der Waals surface area contributed by atoms with Gasteiger partial charge in [-0.15, -0.1) is 0 Å². The molecule has 0 atom stereocenters. The van der Waals surface area contributed by atoms with Gasteiger partial charge in [0.25, 0.3) is 0 Å². The summed E-state index contributed by atoms with van der Waals surface area (Å²) in [6.07, 6.45) is 0. The van der Waals surface area contributed by atoms with Gasteiger partial charge in [-0.25, -0.2) is 0 Å². The van der Waals surface area contributed by atoms with Crippen LogP contribution in [0.5, 0.6) is 0 Å². The predicted molar refractivity (Wildman–Crippen MR) is 116 cm³/mol. The van der Waals surface area contributed by atoms with Crippen LogP contribution in [0.15, 0.2) is 66.7 Å². The Balaban J connectivity index is 1.67. The quantitative estimate of drug-likeness (QED) is 0.337. The predicted octanol–water partition coefficient (Wildman–Crippen LogP) is 3.54. The van der Waals surface area contributed by atoms with Gasteiger partial charge in [-0.3, -0.25) is 0 Å². The molecule has 2 heterocycles. The SMILES string of the molecule is O=C1c2ccccc2C(=O)N1Cc1nc2cccc([As])c2nc1-c1ccccc1Cl. The first-order valence-corrected chi connectivity index (χ1v) is 10.5. The zero-order valence-electron chi connectivity index (χ0n) is 15.5. The van der Waals surface area contributed by atoms with Gasteiger partial charge < -0.3 is 0 Å². The van der Waals surface area contributed by atoms with Crippen molar-refractivity contribution in [3.8, 4) is 11.3 Å². The summed E-state index contributed by atoms with van der Waals surface area (Å²) in [5.41, 5.74) is 4.02. The third-order valence-corrected chi connectivity index (χ3v) is 6.15. The second kappa shape index (κ2) is 7.35. The summed E-state index contributed by atoms with van der Waals surface area (Å²) in [4.78, 5) is 36.6. The van der Waals surface area contributed by atoms with E-state index in [0.717, 1.165) is 9.87 Å². The maximum atomic E-state index is 12.9. The molecule has 0 saturated heterocycles. The molecule has 30 heavy (non-hydrogen) atoms. The number of carbonyl (C=O) groups excluding carboxylic acids is 2. The summed E-state index contributed by atoms with van der Waals surface area (Å²) >= 11 is 8.94. The molecule has 144 valence electrons. The topological polar surface area (TPSA) is 63.2 Å². The molecule has 0 unspecified atom stereocenters. The summed E-state index contributed by atoms with van der Waals surface area (Å²) < 4.78 is 0.924. The second-order valence-corrected chi connectivity index (χ2v) is 8.30. The monoisotopic (exact) mass is 473 g/mol. The van der Waals surface area contributed by atoms with Crippen molar-refractivity contribution in [2.45, 2.75) is 6.54 Å².